The third kappa shape index (κ3) is 12.8. The molecule has 1 unspecified atom stereocenters. The first-order chi connectivity index (χ1) is 10.1. The van der Waals surface area contributed by atoms with Crippen molar-refractivity contribution in [1.29, 1.82) is 0 Å². The molecule has 1 amide bonds. The van der Waals surface area contributed by atoms with Gasteiger partial charge in [0.05, 0.1) is 13.2 Å². The van der Waals surface area contributed by atoms with Gasteiger partial charge in [0, 0.05) is 18.7 Å². The summed E-state index contributed by atoms with van der Waals surface area (Å²) in [6.07, 6.45) is -1.37. The first kappa shape index (κ1) is 21.1. The molecule has 132 valence electrons. The van der Waals surface area contributed by atoms with Gasteiger partial charge in [-0.1, -0.05) is 0 Å². The van der Waals surface area contributed by atoms with Crippen molar-refractivity contribution in [3.05, 3.63) is 0 Å². The third-order valence-electron chi connectivity index (χ3n) is 2.45. The zero-order valence-electron chi connectivity index (χ0n) is 13.7. The predicted molar refractivity (Wildman–Crippen MR) is 77.9 cm³/mol. The molecular weight excluding hydrogens is 301 g/mol. The molecule has 0 radical (unpaired) electrons. The van der Waals surface area contributed by atoms with Gasteiger partial charge in [-0.2, -0.15) is 0 Å². The summed E-state index contributed by atoms with van der Waals surface area (Å²) in [6.45, 7) is 5.17. The number of nitrogens with one attached hydrogen (secondary N) is 2. The van der Waals surface area contributed by atoms with Crippen LogP contribution in [0.3, 0.4) is 0 Å². The maximum absolute atomic E-state index is 13.4. The first-order valence-electron chi connectivity index (χ1n) is 7.25. The van der Waals surface area contributed by atoms with Gasteiger partial charge in [-0.3, -0.25) is 4.79 Å². The summed E-state index contributed by atoms with van der Waals surface area (Å²) in [7, 11) is 0. The number of alkyl halides is 3. The molecule has 0 heterocycles. The molecule has 0 spiro atoms. The highest BCUT2D eigenvalue weighted by molar-refractivity contribution is 5.77. The number of hydrogen-bond acceptors (Lipinski definition) is 4. The van der Waals surface area contributed by atoms with E-state index >= 15 is 0 Å². The quantitative estimate of drug-likeness (QED) is 0.604. The molecule has 0 aliphatic heterocycles. The minimum atomic E-state index is -3.25. The van der Waals surface area contributed by atoms with Gasteiger partial charge in [0.2, 0.25) is 5.91 Å². The topological polar surface area (TPSA) is 59.6 Å². The Kier molecular flexibility index (Phi) is 9.63. The van der Waals surface area contributed by atoms with E-state index in [-0.39, 0.29) is 18.7 Å². The lowest BCUT2D eigenvalue weighted by atomic mass is 10.1. The summed E-state index contributed by atoms with van der Waals surface area (Å²) in [6, 6.07) is 0. The van der Waals surface area contributed by atoms with Crippen molar-refractivity contribution in [2.45, 2.75) is 45.3 Å². The lowest BCUT2D eigenvalue weighted by molar-refractivity contribution is -0.129. The van der Waals surface area contributed by atoms with Crippen LogP contribution in [0, 0.1) is 0 Å². The lowest BCUT2D eigenvalue weighted by Crippen LogP contribution is -2.43. The summed E-state index contributed by atoms with van der Waals surface area (Å²) < 4.78 is 49.7. The van der Waals surface area contributed by atoms with E-state index in [9.17, 15) is 18.0 Å². The molecule has 5 nitrogen and oxygen atoms in total. The van der Waals surface area contributed by atoms with E-state index in [4.69, 9.17) is 9.47 Å². The molecule has 0 saturated carbocycles. The molecule has 0 aliphatic carbocycles. The molecule has 0 saturated heterocycles. The number of ether oxygens (including phenoxy) is 2. The predicted octanol–water partition coefficient (Wildman–Crippen LogP) is 1.52. The van der Waals surface area contributed by atoms with Crippen molar-refractivity contribution in [2.75, 3.05) is 39.5 Å². The van der Waals surface area contributed by atoms with E-state index in [1.165, 1.54) is 0 Å². The Morgan fingerprint density at radius 1 is 1.23 bits per heavy atom. The highest BCUT2D eigenvalue weighted by Gasteiger charge is 2.30. The monoisotopic (exact) mass is 328 g/mol. The van der Waals surface area contributed by atoms with E-state index in [1.807, 2.05) is 26.1 Å². The average Bonchev–Trinajstić information content (AvgIpc) is 2.40. The maximum atomic E-state index is 13.4. The largest absolute Gasteiger partial charge is 0.372 e. The molecule has 2 N–H and O–H groups in total. The van der Waals surface area contributed by atoms with Crippen molar-refractivity contribution in [2.24, 2.45) is 0 Å². The molecule has 0 aromatic heterocycles. The standard InChI is InChI=1S/C14H27F3N2O3/c1-5-21-8-12(20)18-9-14(16,17)10-22-7-11(15)6-19-13(2,3)4/h11,19H,5-10H2,1-4H3,(H,18,20). The van der Waals surface area contributed by atoms with E-state index in [2.05, 4.69) is 5.32 Å². The average molecular weight is 328 g/mol. The van der Waals surface area contributed by atoms with Crippen molar-refractivity contribution in [3.63, 3.8) is 0 Å². The van der Waals surface area contributed by atoms with Crippen molar-refractivity contribution < 1.29 is 27.4 Å². The van der Waals surface area contributed by atoms with Crippen molar-refractivity contribution in [3.8, 4) is 0 Å². The molecular formula is C14H27F3N2O3. The molecule has 0 aromatic carbocycles. The third-order valence-corrected chi connectivity index (χ3v) is 2.45. The van der Waals surface area contributed by atoms with Crippen molar-refractivity contribution in [1.82, 2.24) is 10.6 Å². The van der Waals surface area contributed by atoms with E-state index in [0.29, 0.717) is 6.61 Å². The molecule has 1 atom stereocenters. The van der Waals surface area contributed by atoms with Crippen LogP contribution in [0.15, 0.2) is 0 Å². The number of rotatable bonds is 11. The summed E-state index contributed by atoms with van der Waals surface area (Å²) in [4.78, 5) is 11.1. The highest BCUT2D eigenvalue weighted by atomic mass is 19.3. The number of amides is 1. The van der Waals surface area contributed by atoms with Crippen LogP contribution < -0.4 is 10.6 Å². The van der Waals surface area contributed by atoms with Crippen LogP contribution in [0.1, 0.15) is 27.7 Å². The Bertz CT molecular complexity index is 323. The van der Waals surface area contributed by atoms with Crippen LogP contribution in [-0.4, -0.2) is 63.1 Å². The Balaban J connectivity index is 3.85. The smallest absolute Gasteiger partial charge is 0.287 e. The summed E-state index contributed by atoms with van der Waals surface area (Å²) >= 11 is 0. The van der Waals surface area contributed by atoms with Gasteiger partial charge in [0.1, 0.15) is 19.4 Å². The highest BCUT2D eigenvalue weighted by Crippen LogP contribution is 2.12. The van der Waals surface area contributed by atoms with Gasteiger partial charge in [-0.25, -0.2) is 13.2 Å². The minimum Gasteiger partial charge on any atom is -0.372 e. The van der Waals surface area contributed by atoms with Crippen LogP contribution in [-0.2, 0) is 14.3 Å². The number of carbonyl (C=O) groups excluding carboxylic acids is 1. The van der Waals surface area contributed by atoms with Gasteiger partial charge in [0.15, 0.2) is 0 Å². The summed E-state index contributed by atoms with van der Waals surface area (Å²) in [5.41, 5.74) is -0.251. The second-order valence-corrected chi connectivity index (χ2v) is 6.01. The number of carbonyl (C=O) groups is 1. The zero-order chi connectivity index (χ0) is 17.2. The van der Waals surface area contributed by atoms with Gasteiger partial charge < -0.3 is 20.1 Å². The Labute approximate surface area is 129 Å². The van der Waals surface area contributed by atoms with Crippen LogP contribution in [0.5, 0.6) is 0 Å². The normalized spacial score (nSPS) is 14.0. The molecule has 22 heavy (non-hydrogen) atoms. The molecule has 0 fully saturated rings. The maximum Gasteiger partial charge on any atom is 0.287 e. The summed E-state index contributed by atoms with van der Waals surface area (Å²) in [5.74, 6) is -3.88. The molecule has 0 bridgehead atoms. The SMILES string of the molecule is CCOCC(=O)NCC(F)(F)COCC(F)CNC(C)(C)C. The van der Waals surface area contributed by atoms with Crippen LogP contribution in [0.2, 0.25) is 0 Å². The first-order valence-corrected chi connectivity index (χ1v) is 7.25. The Hall–Kier alpha value is -0.860. The lowest BCUT2D eigenvalue weighted by Gasteiger charge is -2.22. The van der Waals surface area contributed by atoms with Gasteiger partial charge in [0.25, 0.3) is 5.92 Å². The number of halogens is 3. The van der Waals surface area contributed by atoms with Gasteiger partial charge in [-0.15, -0.1) is 0 Å². The Morgan fingerprint density at radius 2 is 1.86 bits per heavy atom. The zero-order valence-corrected chi connectivity index (χ0v) is 13.7. The van der Waals surface area contributed by atoms with Crippen LogP contribution >= 0.6 is 0 Å². The second-order valence-electron chi connectivity index (χ2n) is 6.01. The number of hydrogen-bond donors (Lipinski definition) is 2. The van der Waals surface area contributed by atoms with E-state index in [0.717, 1.165) is 0 Å². The molecule has 0 rings (SSSR count). The minimum absolute atomic E-state index is 0.0279. The van der Waals surface area contributed by atoms with Crippen LogP contribution in [0.4, 0.5) is 13.2 Å². The fourth-order valence-electron chi connectivity index (χ4n) is 1.34. The van der Waals surface area contributed by atoms with Gasteiger partial charge >= 0.3 is 0 Å². The molecule has 0 aromatic rings. The van der Waals surface area contributed by atoms with Gasteiger partial charge in [-0.05, 0) is 27.7 Å². The fourth-order valence-corrected chi connectivity index (χ4v) is 1.34. The fraction of sp³-hybridized carbons (Fsp3) is 0.929. The molecule has 8 heteroatoms. The molecule has 0 aliphatic rings. The van der Waals surface area contributed by atoms with E-state index in [1.54, 1.807) is 6.92 Å². The Morgan fingerprint density at radius 3 is 2.41 bits per heavy atom. The summed E-state index contributed by atoms with van der Waals surface area (Å²) in [5, 5.41) is 4.96. The van der Waals surface area contributed by atoms with Crippen LogP contribution in [0.25, 0.3) is 0 Å². The van der Waals surface area contributed by atoms with Crippen molar-refractivity contribution >= 4 is 5.91 Å². The second kappa shape index (κ2) is 10.0. The van der Waals surface area contributed by atoms with E-state index < -0.39 is 37.8 Å².